The van der Waals surface area contributed by atoms with Crippen LogP contribution < -0.4 is 21.7 Å². The number of hydrogen-bond donors (Lipinski definition) is 7. The number of carbonyl (C=O) groups excluding carboxylic acids is 3. The van der Waals surface area contributed by atoms with E-state index in [1.807, 2.05) is 31.2 Å². The summed E-state index contributed by atoms with van der Waals surface area (Å²) in [5.41, 5.74) is 8.71. The van der Waals surface area contributed by atoms with Crippen LogP contribution in [0, 0.1) is 11.8 Å². The van der Waals surface area contributed by atoms with Gasteiger partial charge in [-0.15, -0.1) is 0 Å². The third-order valence-electron chi connectivity index (χ3n) is 7.48. The van der Waals surface area contributed by atoms with E-state index in [1.165, 1.54) is 12.1 Å². The van der Waals surface area contributed by atoms with Crippen LogP contribution in [0.2, 0.25) is 0 Å². The van der Waals surface area contributed by atoms with Gasteiger partial charge in [-0.1, -0.05) is 64.4 Å². The van der Waals surface area contributed by atoms with Gasteiger partial charge in [0, 0.05) is 23.5 Å². The van der Waals surface area contributed by atoms with Crippen LogP contribution in [-0.2, 0) is 32.0 Å². The molecular weight excluding hydrogens is 538 g/mol. The molecule has 0 aliphatic rings. The van der Waals surface area contributed by atoms with Crippen LogP contribution in [0.25, 0.3) is 10.9 Å². The monoisotopic (exact) mass is 579 g/mol. The van der Waals surface area contributed by atoms with Gasteiger partial charge in [0.05, 0.1) is 6.04 Å². The van der Waals surface area contributed by atoms with E-state index in [-0.39, 0.29) is 30.4 Å². The van der Waals surface area contributed by atoms with Crippen molar-refractivity contribution in [2.24, 2.45) is 17.6 Å². The van der Waals surface area contributed by atoms with E-state index in [1.54, 1.807) is 39.1 Å². The maximum Gasteiger partial charge on any atom is 0.326 e. The molecule has 0 spiro atoms. The number of para-hydroxylation sites is 1. The van der Waals surface area contributed by atoms with E-state index in [4.69, 9.17) is 5.73 Å². The van der Waals surface area contributed by atoms with E-state index in [0.29, 0.717) is 12.0 Å². The first-order chi connectivity index (χ1) is 19.9. The number of benzene rings is 2. The molecule has 0 aliphatic carbocycles. The van der Waals surface area contributed by atoms with Gasteiger partial charge in [0.1, 0.15) is 23.9 Å². The van der Waals surface area contributed by atoms with Crippen molar-refractivity contribution in [3.8, 4) is 5.75 Å². The van der Waals surface area contributed by atoms with Gasteiger partial charge in [-0.25, -0.2) is 4.79 Å². The highest BCUT2D eigenvalue weighted by Crippen LogP contribution is 2.19. The summed E-state index contributed by atoms with van der Waals surface area (Å²) in [5, 5.41) is 28.2. The van der Waals surface area contributed by atoms with E-state index in [9.17, 15) is 29.4 Å². The molecule has 0 aliphatic heterocycles. The molecule has 11 nitrogen and oxygen atoms in total. The first-order valence-corrected chi connectivity index (χ1v) is 14.1. The maximum absolute atomic E-state index is 13.6. The van der Waals surface area contributed by atoms with Crippen molar-refractivity contribution < 1.29 is 29.4 Å². The van der Waals surface area contributed by atoms with Crippen molar-refractivity contribution in [1.29, 1.82) is 0 Å². The molecule has 1 heterocycles. The van der Waals surface area contributed by atoms with E-state index < -0.39 is 47.9 Å². The number of phenolic OH excluding ortho intramolecular Hbond substituents is 1. The summed E-state index contributed by atoms with van der Waals surface area (Å²) in [7, 11) is 0. The Morgan fingerprint density at radius 2 is 1.50 bits per heavy atom. The number of carbonyl (C=O) groups is 4. The summed E-state index contributed by atoms with van der Waals surface area (Å²) in [6.07, 6.45) is 2.63. The van der Waals surface area contributed by atoms with Gasteiger partial charge in [0.25, 0.3) is 0 Å². The second-order valence-corrected chi connectivity index (χ2v) is 11.0. The Morgan fingerprint density at radius 1 is 0.857 bits per heavy atom. The van der Waals surface area contributed by atoms with Gasteiger partial charge in [-0.2, -0.15) is 0 Å². The van der Waals surface area contributed by atoms with Crippen molar-refractivity contribution in [2.45, 2.75) is 71.1 Å². The minimum Gasteiger partial charge on any atom is -0.508 e. The lowest BCUT2D eigenvalue weighted by Gasteiger charge is -2.28. The molecule has 3 aromatic rings. The summed E-state index contributed by atoms with van der Waals surface area (Å²) in [5.74, 6) is -3.61. The molecule has 5 atom stereocenters. The lowest BCUT2D eigenvalue weighted by atomic mass is 9.97. The number of fused-ring (bicyclic) bond motifs is 1. The zero-order chi connectivity index (χ0) is 31.0. The highest BCUT2D eigenvalue weighted by molar-refractivity contribution is 5.94. The number of amides is 3. The minimum atomic E-state index is -1.16. The Hall–Kier alpha value is -4.38. The summed E-state index contributed by atoms with van der Waals surface area (Å²) in [6, 6.07) is 9.62. The number of nitrogens with two attached hydrogens (primary N) is 1. The zero-order valence-corrected chi connectivity index (χ0v) is 24.4. The molecule has 2 aromatic carbocycles. The normalized spacial score (nSPS) is 14.9. The van der Waals surface area contributed by atoms with E-state index >= 15 is 0 Å². The molecule has 0 radical (unpaired) electrons. The van der Waals surface area contributed by atoms with Crippen molar-refractivity contribution in [3.05, 3.63) is 65.9 Å². The fourth-order valence-electron chi connectivity index (χ4n) is 4.70. The molecule has 8 N–H and O–H groups in total. The van der Waals surface area contributed by atoms with Crippen LogP contribution in [0.4, 0.5) is 0 Å². The van der Waals surface area contributed by atoms with Gasteiger partial charge in [0.2, 0.25) is 17.7 Å². The molecule has 226 valence electrons. The van der Waals surface area contributed by atoms with Crippen LogP contribution in [0.1, 0.15) is 45.2 Å². The molecule has 5 unspecified atom stereocenters. The van der Waals surface area contributed by atoms with Crippen LogP contribution >= 0.6 is 0 Å². The Morgan fingerprint density at radius 3 is 2.12 bits per heavy atom. The number of aliphatic carboxylic acids is 1. The maximum atomic E-state index is 13.6. The fraction of sp³-hybridized carbons (Fsp3) is 0.419. The number of aromatic amines is 1. The first kappa shape index (κ1) is 32.1. The Balaban J connectivity index is 1.78. The van der Waals surface area contributed by atoms with Crippen LogP contribution in [-0.4, -0.2) is 63.1 Å². The third kappa shape index (κ3) is 8.32. The fourth-order valence-corrected chi connectivity index (χ4v) is 4.70. The van der Waals surface area contributed by atoms with Gasteiger partial charge in [0.15, 0.2) is 0 Å². The van der Waals surface area contributed by atoms with Gasteiger partial charge >= 0.3 is 5.97 Å². The number of carboxylic acids is 1. The largest absolute Gasteiger partial charge is 0.508 e. The third-order valence-corrected chi connectivity index (χ3v) is 7.48. The quantitative estimate of drug-likeness (QED) is 0.152. The predicted molar refractivity (Wildman–Crippen MR) is 160 cm³/mol. The van der Waals surface area contributed by atoms with E-state index in [2.05, 4.69) is 20.9 Å². The lowest BCUT2D eigenvalue weighted by Crippen LogP contribution is -2.59. The molecule has 1 aromatic heterocycles. The minimum absolute atomic E-state index is 0.0513. The number of H-pyrrole nitrogens is 1. The highest BCUT2D eigenvalue weighted by atomic mass is 16.4. The number of aromatic nitrogens is 1. The topological polar surface area (TPSA) is 187 Å². The Bertz CT molecular complexity index is 1390. The van der Waals surface area contributed by atoms with Crippen molar-refractivity contribution >= 4 is 34.6 Å². The van der Waals surface area contributed by atoms with Gasteiger partial charge < -0.3 is 36.9 Å². The number of nitrogens with one attached hydrogen (secondary N) is 4. The SMILES string of the molecule is CCC(C)C(NC(=O)C(NC(=O)C(Cc1ccc(O)cc1)NC(=O)C(N)Cc1c[nH]c2ccccc12)C(C)C)C(=O)O. The van der Waals surface area contributed by atoms with Crippen molar-refractivity contribution in [2.75, 3.05) is 0 Å². The average Bonchev–Trinajstić information content (AvgIpc) is 3.36. The van der Waals surface area contributed by atoms with Gasteiger partial charge in [-0.05, 0) is 47.6 Å². The van der Waals surface area contributed by atoms with Crippen LogP contribution in [0.15, 0.2) is 54.7 Å². The number of hydrogen-bond acceptors (Lipinski definition) is 6. The Labute approximate surface area is 245 Å². The number of phenols is 1. The molecule has 3 amide bonds. The zero-order valence-electron chi connectivity index (χ0n) is 24.4. The number of aromatic hydroxyl groups is 1. The lowest BCUT2D eigenvalue weighted by molar-refractivity contribution is -0.144. The molecule has 11 heteroatoms. The van der Waals surface area contributed by atoms with Crippen LogP contribution in [0.3, 0.4) is 0 Å². The number of rotatable bonds is 14. The van der Waals surface area contributed by atoms with Crippen molar-refractivity contribution in [1.82, 2.24) is 20.9 Å². The Kier molecular flexibility index (Phi) is 11.1. The highest BCUT2D eigenvalue weighted by Gasteiger charge is 2.33. The number of carboxylic acid groups (broad SMARTS) is 1. The molecule has 42 heavy (non-hydrogen) atoms. The van der Waals surface area contributed by atoms with Crippen molar-refractivity contribution in [3.63, 3.8) is 0 Å². The summed E-state index contributed by atoms with van der Waals surface area (Å²) in [6.45, 7) is 7.02. The second-order valence-electron chi connectivity index (χ2n) is 11.0. The molecule has 3 rings (SSSR count). The standard InChI is InChI=1S/C31H41N5O6/c1-5-18(4)27(31(41)42)36-30(40)26(17(2)3)35-29(39)25(14-19-10-12-21(37)13-11-19)34-28(38)23(32)15-20-16-33-24-9-7-6-8-22(20)24/h6-13,16-18,23,25-27,33,37H,5,14-15,32H2,1-4H3,(H,34,38)(H,35,39)(H,36,40)(H,41,42). The smallest absolute Gasteiger partial charge is 0.326 e. The van der Waals surface area contributed by atoms with E-state index in [0.717, 1.165) is 16.5 Å². The summed E-state index contributed by atoms with van der Waals surface area (Å²) < 4.78 is 0. The molecular formula is C31H41N5O6. The summed E-state index contributed by atoms with van der Waals surface area (Å²) >= 11 is 0. The molecule has 0 saturated carbocycles. The summed E-state index contributed by atoms with van der Waals surface area (Å²) in [4.78, 5) is 54.9. The molecule has 0 saturated heterocycles. The average molecular weight is 580 g/mol. The second kappa shape index (κ2) is 14.5. The van der Waals surface area contributed by atoms with Gasteiger partial charge in [-0.3, -0.25) is 14.4 Å². The predicted octanol–water partition coefficient (Wildman–Crippen LogP) is 2.23. The van der Waals surface area contributed by atoms with Crippen LogP contribution in [0.5, 0.6) is 5.75 Å². The molecule has 0 bridgehead atoms. The first-order valence-electron chi connectivity index (χ1n) is 14.1. The molecule has 0 fully saturated rings.